The van der Waals surface area contributed by atoms with Crippen molar-refractivity contribution in [2.75, 3.05) is 31.5 Å². The molecule has 7 atom stereocenters. The summed E-state index contributed by atoms with van der Waals surface area (Å²) in [6.07, 6.45) is 13.8. The zero-order chi connectivity index (χ0) is 44.8. The van der Waals surface area contributed by atoms with E-state index in [4.69, 9.17) is 4.42 Å². The Morgan fingerprint density at radius 3 is 1.86 bits per heavy atom. The molecule has 1 aliphatic heterocycles. The SMILES string of the molecule is CCCCCCCCCC(=O)N[C@@H](CNc1nc2cc(C(=O)N3C[C@@H](C(=O)N[C@H]4C[C@@H]4c4ccccc4)[C@H](C(=O)N[C@H]4C[C@@H]4c4ccccc4)C3)ccc2o1)C(=O)NCCCCCC. The number of amides is 5. The highest BCUT2D eigenvalue weighted by Crippen LogP contribution is 2.42. The van der Waals surface area contributed by atoms with Gasteiger partial charge >= 0.3 is 0 Å². The van der Waals surface area contributed by atoms with Gasteiger partial charge in [0.25, 0.3) is 11.9 Å². The monoisotopic (exact) mass is 874 g/mol. The van der Waals surface area contributed by atoms with Crippen LogP contribution in [0.1, 0.15) is 137 Å². The maximum absolute atomic E-state index is 14.2. The molecule has 1 saturated heterocycles. The third-order valence-electron chi connectivity index (χ3n) is 13.1. The lowest BCUT2D eigenvalue weighted by atomic mass is 9.94. The van der Waals surface area contributed by atoms with Crippen LogP contribution in [-0.4, -0.2) is 83.7 Å². The highest BCUT2D eigenvalue weighted by molar-refractivity contribution is 5.99. The molecule has 1 aromatic heterocycles. The zero-order valence-electron chi connectivity index (χ0n) is 37.6. The Morgan fingerprint density at radius 1 is 0.703 bits per heavy atom. The van der Waals surface area contributed by atoms with Crippen LogP contribution >= 0.6 is 0 Å². The number of carbonyl (C=O) groups is 5. The first-order valence-corrected chi connectivity index (χ1v) is 23.9. The lowest BCUT2D eigenvalue weighted by Crippen LogP contribution is -2.50. The number of nitrogens with zero attached hydrogens (tertiary/aromatic N) is 2. The molecule has 3 fully saturated rings. The molecule has 3 aliphatic rings. The minimum Gasteiger partial charge on any atom is -0.424 e. The molecule has 13 heteroatoms. The van der Waals surface area contributed by atoms with Crippen LogP contribution in [0.15, 0.2) is 83.3 Å². The Balaban J connectivity index is 0.979. The summed E-state index contributed by atoms with van der Waals surface area (Å²) in [5.41, 5.74) is 3.56. The van der Waals surface area contributed by atoms with Gasteiger partial charge < -0.3 is 35.9 Å². The molecule has 2 aliphatic carbocycles. The molecular formula is C51H67N7O6. The molecule has 2 heterocycles. The fourth-order valence-corrected chi connectivity index (χ4v) is 9.04. The second-order valence-electron chi connectivity index (χ2n) is 18.1. The largest absolute Gasteiger partial charge is 0.424 e. The molecule has 0 spiro atoms. The van der Waals surface area contributed by atoms with Crippen LogP contribution in [0.3, 0.4) is 0 Å². The number of oxazole rings is 1. The van der Waals surface area contributed by atoms with E-state index in [1.807, 2.05) is 36.4 Å². The second-order valence-corrected chi connectivity index (χ2v) is 18.1. The number of nitrogens with one attached hydrogen (secondary N) is 5. The van der Waals surface area contributed by atoms with E-state index in [-0.39, 0.29) is 79.1 Å². The Kier molecular flexibility index (Phi) is 16.5. The standard InChI is InChI=1S/C51H67N7O6/c1-3-5-7-9-10-11-18-24-46(59)54-44(49(62)52-27-19-8-6-4-2)31-53-51-57-43-28-36(25-26-45(43)64-51)50(63)58-32-39(47(60)55-41-29-37(41)34-20-14-12-15-21-34)40(33-58)48(61)56-42-30-38(42)35-22-16-13-17-23-35/h12-17,20-23,25-26,28,37-42,44H,3-11,18-19,24,27,29-33H2,1-2H3,(H,52,62)(H,53,57)(H,54,59)(H,55,60)(H,56,61)/t37-,38-,39-,40-,41+,42+,44+/m1/s1. The second kappa shape index (κ2) is 22.8. The third-order valence-corrected chi connectivity index (χ3v) is 13.1. The summed E-state index contributed by atoms with van der Waals surface area (Å²) in [5.74, 6) is -2.14. The molecule has 0 bridgehead atoms. The van der Waals surface area contributed by atoms with E-state index in [2.05, 4.69) is 69.7 Å². The predicted octanol–water partition coefficient (Wildman–Crippen LogP) is 7.59. The molecule has 3 aromatic carbocycles. The Morgan fingerprint density at radius 2 is 1.27 bits per heavy atom. The third kappa shape index (κ3) is 12.7. The highest BCUT2D eigenvalue weighted by Gasteiger charge is 2.49. The number of anilines is 1. The molecule has 64 heavy (non-hydrogen) atoms. The summed E-state index contributed by atoms with van der Waals surface area (Å²) in [6.45, 7) is 5.13. The number of carbonyl (C=O) groups excluding carboxylic acids is 5. The van der Waals surface area contributed by atoms with Crippen LogP contribution in [0, 0.1) is 11.8 Å². The smallest absolute Gasteiger partial charge is 0.295 e. The van der Waals surface area contributed by atoms with Gasteiger partial charge in [0.2, 0.25) is 23.6 Å². The van der Waals surface area contributed by atoms with Crippen molar-refractivity contribution in [2.24, 2.45) is 11.8 Å². The van der Waals surface area contributed by atoms with Gasteiger partial charge in [-0.3, -0.25) is 24.0 Å². The highest BCUT2D eigenvalue weighted by atomic mass is 16.4. The summed E-state index contributed by atoms with van der Waals surface area (Å²) < 4.78 is 5.98. The minimum absolute atomic E-state index is 0.0157. The van der Waals surface area contributed by atoms with E-state index in [9.17, 15) is 24.0 Å². The van der Waals surface area contributed by atoms with Crippen LogP contribution < -0.4 is 26.6 Å². The van der Waals surface area contributed by atoms with E-state index >= 15 is 0 Å². The van der Waals surface area contributed by atoms with Gasteiger partial charge in [-0.1, -0.05) is 132 Å². The number of likely N-dealkylation sites (tertiary alicyclic amines) is 1. The number of fused-ring (bicyclic) bond motifs is 1. The van der Waals surface area contributed by atoms with Crippen molar-refractivity contribution < 1.29 is 28.4 Å². The lowest BCUT2D eigenvalue weighted by molar-refractivity contribution is -0.133. The molecule has 0 radical (unpaired) electrons. The maximum atomic E-state index is 14.2. The van der Waals surface area contributed by atoms with Crippen molar-refractivity contribution in [3.63, 3.8) is 0 Å². The Labute approximate surface area is 377 Å². The van der Waals surface area contributed by atoms with Crippen molar-refractivity contribution in [3.05, 3.63) is 95.6 Å². The van der Waals surface area contributed by atoms with Gasteiger partial charge in [-0.15, -0.1) is 0 Å². The van der Waals surface area contributed by atoms with Gasteiger partial charge in [0.1, 0.15) is 11.6 Å². The molecule has 342 valence electrons. The Hall–Kier alpha value is -5.72. The summed E-state index contributed by atoms with van der Waals surface area (Å²) in [6, 6.07) is 24.4. The van der Waals surface area contributed by atoms with Crippen molar-refractivity contribution in [2.45, 2.75) is 134 Å². The Bertz CT molecular complexity index is 2100. The molecule has 13 nitrogen and oxygen atoms in total. The van der Waals surface area contributed by atoms with Crippen LogP contribution in [0.5, 0.6) is 0 Å². The van der Waals surface area contributed by atoms with Crippen LogP contribution in [0.4, 0.5) is 6.01 Å². The van der Waals surface area contributed by atoms with Crippen LogP contribution in [0.25, 0.3) is 11.1 Å². The van der Waals surface area contributed by atoms with Gasteiger partial charge in [0.15, 0.2) is 5.58 Å². The summed E-state index contributed by atoms with van der Waals surface area (Å²) in [7, 11) is 0. The molecule has 5 amide bonds. The molecule has 5 N–H and O–H groups in total. The first kappa shape index (κ1) is 46.3. The number of hydrogen-bond acceptors (Lipinski definition) is 8. The van der Waals surface area contributed by atoms with Gasteiger partial charge in [-0.25, -0.2) is 0 Å². The fourth-order valence-electron chi connectivity index (χ4n) is 9.04. The first-order chi connectivity index (χ1) is 31.2. The van der Waals surface area contributed by atoms with Crippen molar-refractivity contribution >= 4 is 46.7 Å². The number of benzene rings is 3. The number of rotatable bonds is 25. The van der Waals surface area contributed by atoms with Gasteiger partial charge in [0.05, 0.1) is 11.8 Å². The first-order valence-electron chi connectivity index (χ1n) is 23.9. The average Bonchev–Trinajstić information content (AvgIpc) is 4.16. The topological polar surface area (TPSA) is 175 Å². The molecule has 4 aromatic rings. The maximum Gasteiger partial charge on any atom is 0.295 e. The number of hydrogen-bond donors (Lipinski definition) is 5. The predicted molar refractivity (Wildman–Crippen MR) is 249 cm³/mol. The van der Waals surface area contributed by atoms with Crippen molar-refractivity contribution in [1.82, 2.24) is 31.2 Å². The van der Waals surface area contributed by atoms with E-state index in [0.29, 0.717) is 29.6 Å². The molecule has 7 rings (SSSR count). The van der Waals surface area contributed by atoms with Crippen molar-refractivity contribution in [1.29, 1.82) is 0 Å². The number of aromatic nitrogens is 1. The van der Waals surface area contributed by atoms with E-state index in [1.54, 1.807) is 23.1 Å². The summed E-state index contributed by atoms with van der Waals surface area (Å²) in [5, 5.41) is 15.4. The summed E-state index contributed by atoms with van der Waals surface area (Å²) >= 11 is 0. The van der Waals surface area contributed by atoms with Gasteiger partial charge in [0, 0.05) is 62.1 Å². The average molecular weight is 874 g/mol. The molecular weight excluding hydrogens is 807 g/mol. The molecule has 0 unspecified atom stereocenters. The minimum atomic E-state index is -0.839. The van der Waals surface area contributed by atoms with Gasteiger partial charge in [-0.2, -0.15) is 4.98 Å². The number of unbranched alkanes of at least 4 members (excludes halogenated alkanes) is 9. The van der Waals surface area contributed by atoms with Gasteiger partial charge in [-0.05, 0) is 55.0 Å². The van der Waals surface area contributed by atoms with Crippen molar-refractivity contribution in [3.8, 4) is 0 Å². The van der Waals surface area contributed by atoms with E-state index in [1.165, 1.54) is 36.8 Å². The molecule has 2 saturated carbocycles. The lowest BCUT2D eigenvalue weighted by Gasteiger charge is -2.18. The van der Waals surface area contributed by atoms with E-state index in [0.717, 1.165) is 57.8 Å². The summed E-state index contributed by atoms with van der Waals surface area (Å²) in [4.78, 5) is 74.5. The van der Waals surface area contributed by atoms with Crippen LogP contribution in [0.2, 0.25) is 0 Å². The quantitative estimate of drug-likeness (QED) is 0.0424. The fraction of sp³-hybridized carbons (Fsp3) is 0.529. The normalized spacial score (nSPS) is 21.5. The van der Waals surface area contributed by atoms with E-state index < -0.39 is 17.9 Å². The zero-order valence-corrected chi connectivity index (χ0v) is 37.6. The van der Waals surface area contributed by atoms with Crippen LogP contribution in [-0.2, 0) is 19.2 Å².